The number of cyclic esters (lactones) is 2. The molecule has 5 aromatic heterocycles. The second-order valence-electron chi connectivity index (χ2n) is 21.3. The summed E-state index contributed by atoms with van der Waals surface area (Å²) in [5.41, 5.74) is 2.01. The van der Waals surface area contributed by atoms with Gasteiger partial charge in [-0.2, -0.15) is 0 Å². The van der Waals surface area contributed by atoms with E-state index in [-0.39, 0.29) is 85.1 Å². The van der Waals surface area contributed by atoms with Crippen LogP contribution in [0.1, 0.15) is 150 Å². The SMILES string of the molecule is CC(=O)Oc1cccc2c1C(=O)c1ccsc1C2=O.CC(=O)Oc1cccc2cc3sccc3c(OC(C)=O)c12.O=C(O)c1c(O)cccc1Cc1cccs1.O=C(c1cccs1)c1cccc(O)c1C(=O)O.O=C1OC(=O)c2c(O)cccc21.O=C1c2cccc(O)c2C(=O)c2ccsc21. The molecule has 27 heteroatoms. The fraction of sp³-hybridized carbons (Fsp3) is 0.0541. The highest BCUT2D eigenvalue weighted by Crippen LogP contribution is 2.43. The van der Waals surface area contributed by atoms with Gasteiger partial charge in [0.2, 0.25) is 17.3 Å². The number of carboxylic acids is 2. The molecule has 2 aliphatic carbocycles. The minimum atomic E-state index is -1.32. The fourth-order valence-corrected chi connectivity index (χ4v) is 14.4. The number of carbonyl (C=O) groups excluding carboxylic acids is 10. The van der Waals surface area contributed by atoms with Gasteiger partial charge >= 0.3 is 41.8 Å². The van der Waals surface area contributed by atoms with E-state index in [2.05, 4.69) is 4.74 Å². The Bertz CT molecular complexity index is 5360. The third kappa shape index (κ3) is 15.5. The highest BCUT2D eigenvalue weighted by Gasteiger charge is 2.36. The van der Waals surface area contributed by atoms with Crippen LogP contribution in [-0.2, 0) is 25.5 Å². The van der Waals surface area contributed by atoms with Gasteiger partial charge in [0, 0.05) is 70.0 Å². The second-order valence-corrected chi connectivity index (χ2v) is 26.0. The lowest BCUT2D eigenvalue weighted by molar-refractivity contribution is -0.132. The smallest absolute Gasteiger partial charge is 0.350 e. The van der Waals surface area contributed by atoms with Gasteiger partial charge in [-0.1, -0.05) is 60.7 Å². The van der Waals surface area contributed by atoms with Crippen LogP contribution in [0.4, 0.5) is 0 Å². The van der Waals surface area contributed by atoms with Crippen molar-refractivity contribution in [2.45, 2.75) is 27.2 Å². The first-order valence-corrected chi connectivity index (χ1v) is 33.8. The van der Waals surface area contributed by atoms with Crippen LogP contribution in [0.2, 0.25) is 0 Å². The molecule has 12 aromatic rings. The zero-order valence-corrected chi connectivity index (χ0v) is 56.4. The van der Waals surface area contributed by atoms with Crippen LogP contribution in [0.15, 0.2) is 185 Å². The van der Waals surface area contributed by atoms with Gasteiger partial charge in [-0.3, -0.25) is 38.4 Å². The normalized spacial score (nSPS) is 11.8. The fourth-order valence-electron chi connectivity index (χ4n) is 10.5. The molecule has 0 bridgehead atoms. The Kier molecular flexibility index (Phi) is 21.9. The lowest BCUT2D eigenvalue weighted by atomic mass is 9.88. The summed E-state index contributed by atoms with van der Waals surface area (Å²) in [6.45, 7) is 3.95. The van der Waals surface area contributed by atoms with Crippen molar-refractivity contribution in [3.05, 3.63) is 271 Å². The number of esters is 5. The summed E-state index contributed by atoms with van der Waals surface area (Å²) in [7, 11) is 0. The number of hydrogen-bond acceptors (Lipinski definition) is 25. The van der Waals surface area contributed by atoms with E-state index in [1.54, 1.807) is 112 Å². The summed E-state index contributed by atoms with van der Waals surface area (Å²) in [6.07, 6.45) is 0.535. The van der Waals surface area contributed by atoms with Crippen LogP contribution >= 0.6 is 56.7 Å². The largest absolute Gasteiger partial charge is 0.507 e. The van der Waals surface area contributed by atoms with Gasteiger partial charge in [0.25, 0.3) is 0 Å². The number of carboxylic acid groups (broad SMARTS) is 2. The van der Waals surface area contributed by atoms with E-state index in [9.17, 15) is 72.9 Å². The molecule has 15 rings (SSSR count). The molecule has 3 aliphatic rings. The molecule has 0 saturated carbocycles. The second kappa shape index (κ2) is 31.0. The van der Waals surface area contributed by atoms with Gasteiger partial charge in [0.05, 0.1) is 36.7 Å². The number of phenols is 4. The van der Waals surface area contributed by atoms with E-state index in [0.717, 1.165) is 20.3 Å². The zero-order chi connectivity index (χ0) is 72.5. The Morgan fingerprint density at radius 2 is 0.941 bits per heavy atom. The molecule has 22 nitrogen and oxygen atoms in total. The molecule has 6 N–H and O–H groups in total. The Balaban J connectivity index is 0.000000132. The van der Waals surface area contributed by atoms with Crippen molar-refractivity contribution in [3.63, 3.8) is 0 Å². The quantitative estimate of drug-likeness (QED) is 0.0338. The molecule has 1 aliphatic heterocycles. The van der Waals surface area contributed by atoms with E-state index < -0.39 is 53.3 Å². The third-order valence-electron chi connectivity index (χ3n) is 14.7. The molecule has 0 spiro atoms. The molecule has 7 aromatic carbocycles. The molecular weight excluding hydrogens is 1400 g/mol. The maximum Gasteiger partial charge on any atom is 0.350 e. The molecular formula is C74H48O22S5. The number of phenolic OH excluding ortho intramolecular Hbond substituents is 2. The first-order chi connectivity index (χ1) is 48.3. The van der Waals surface area contributed by atoms with Gasteiger partial charge < -0.3 is 49.6 Å². The number of ether oxygens (including phenoxy) is 4. The molecule has 6 heterocycles. The maximum absolute atomic E-state index is 12.4. The van der Waals surface area contributed by atoms with E-state index in [0.29, 0.717) is 65.8 Å². The Labute approximate surface area is 590 Å². The summed E-state index contributed by atoms with van der Waals surface area (Å²) in [5.74, 6) is -6.54. The minimum Gasteiger partial charge on any atom is -0.507 e. The van der Waals surface area contributed by atoms with Gasteiger partial charge in [0.15, 0.2) is 17.3 Å². The molecule has 101 heavy (non-hydrogen) atoms. The zero-order valence-electron chi connectivity index (χ0n) is 52.4. The minimum absolute atomic E-state index is 0.0000463. The molecule has 0 unspecified atom stereocenters. The average molecular weight is 1450 g/mol. The van der Waals surface area contributed by atoms with Crippen LogP contribution in [0.25, 0.3) is 20.9 Å². The van der Waals surface area contributed by atoms with Crippen molar-refractivity contribution in [3.8, 4) is 40.2 Å². The third-order valence-corrected chi connectivity index (χ3v) is 19.1. The van der Waals surface area contributed by atoms with Crippen LogP contribution in [-0.4, -0.2) is 101 Å². The van der Waals surface area contributed by atoms with Crippen molar-refractivity contribution in [2.24, 2.45) is 0 Å². The topological polar surface area (TPSA) is 363 Å². The first-order valence-electron chi connectivity index (χ1n) is 29.4. The first kappa shape index (κ1) is 71.4. The maximum atomic E-state index is 12.4. The summed E-state index contributed by atoms with van der Waals surface area (Å²) < 4.78 is 20.9. The van der Waals surface area contributed by atoms with Crippen molar-refractivity contribution in [1.82, 2.24) is 0 Å². The number of benzene rings is 7. The summed E-state index contributed by atoms with van der Waals surface area (Å²) >= 11 is 6.86. The molecule has 0 fully saturated rings. The highest BCUT2D eigenvalue weighted by molar-refractivity contribution is 7.17. The number of hydrogen-bond donors (Lipinski definition) is 6. The van der Waals surface area contributed by atoms with Gasteiger partial charge in [-0.25, -0.2) is 19.2 Å². The summed E-state index contributed by atoms with van der Waals surface area (Å²) in [4.78, 5) is 141. The number of aromatic carboxylic acids is 2. The van der Waals surface area contributed by atoms with E-state index >= 15 is 0 Å². The number of carbonyl (C=O) groups is 12. The average Bonchev–Trinajstić information content (AvgIpc) is 1.75. The van der Waals surface area contributed by atoms with Crippen LogP contribution in [0.3, 0.4) is 0 Å². The van der Waals surface area contributed by atoms with Crippen LogP contribution in [0.5, 0.6) is 40.2 Å². The number of fused-ring (bicyclic) bond motifs is 7. The molecule has 0 amide bonds. The molecule has 0 atom stereocenters. The Morgan fingerprint density at radius 3 is 1.53 bits per heavy atom. The summed E-state index contributed by atoms with van der Waals surface area (Å²) in [5, 5.41) is 67.2. The highest BCUT2D eigenvalue weighted by atomic mass is 32.1. The van der Waals surface area contributed by atoms with E-state index in [1.807, 2.05) is 41.1 Å². The van der Waals surface area contributed by atoms with Crippen molar-refractivity contribution in [2.75, 3.05) is 0 Å². The monoisotopic (exact) mass is 1450 g/mol. The Hall–Kier alpha value is -12.4. The Morgan fingerprint density at radius 1 is 0.426 bits per heavy atom. The van der Waals surface area contributed by atoms with Gasteiger partial charge in [0.1, 0.15) is 51.2 Å². The van der Waals surface area contributed by atoms with Crippen molar-refractivity contribution < 1.29 is 107 Å². The summed E-state index contributed by atoms with van der Waals surface area (Å²) in [6, 6.07) is 42.0. The molecule has 0 saturated heterocycles. The van der Waals surface area contributed by atoms with Crippen LogP contribution in [0, 0.1) is 0 Å². The van der Waals surface area contributed by atoms with Gasteiger partial charge in [-0.15, -0.1) is 56.7 Å². The van der Waals surface area contributed by atoms with Crippen LogP contribution < -0.4 is 14.2 Å². The van der Waals surface area contributed by atoms with Crippen molar-refractivity contribution in [1.29, 1.82) is 0 Å². The molecule has 0 radical (unpaired) electrons. The molecule has 506 valence electrons. The lowest BCUT2D eigenvalue weighted by Gasteiger charge is -2.16. The number of thiophene rings is 5. The van der Waals surface area contributed by atoms with Crippen molar-refractivity contribution >= 4 is 148 Å². The van der Waals surface area contributed by atoms with E-state index in [4.69, 9.17) is 29.5 Å². The number of ketones is 5. The number of aromatic hydroxyl groups is 4. The predicted molar refractivity (Wildman–Crippen MR) is 373 cm³/mol. The predicted octanol–water partition coefficient (Wildman–Crippen LogP) is 14.4. The number of rotatable bonds is 9. The van der Waals surface area contributed by atoms with Gasteiger partial charge in [-0.05, 0) is 135 Å². The van der Waals surface area contributed by atoms with E-state index in [1.165, 1.54) is 109 Å². The lowest BCUT2D eigenvalue weighted by Crippen LogP contribution is -2.20. The standard InChI is InChI=1S/C16H12O4S.C14H8O4S.C12H8O4S.C12H6O3S.C12H10O3S.C8H4O4/c1-9(17)19-13-5-3-4-11-8-14-12(6-7-21-14)16(15(11)13)20-10(2)18;1-7(15)18-10-4-2-3-8-11(10)12(16)9-5-6-19-14(9)13(8)17;13-8-4-1-3-7(10(8)12(15)16)11(14)9-5-2-6-17-9;13-8-3-1-2-6-9(8)10(14)7-4-5-16-12(7)11(6)15;13-10-5-1-3-8(11(10)12(14)15)7-9-4-2-6-16-9;9-5-3-1-2-4-6(5)8(11)12-7(4)10/h3-8H,1-2H3;2-6H,1H3;1-6,13H,(H,15,16);1-5,13H;1-6,13H,7H2,(H,14,15);1-3,9H.